The normalized spacial score (nSPS) is 22.1. The van der Waals surface area contributed by atoms with E-state index in [-0.39, 0.29) is 24.3 Å². The third-order valence-corrected chi connectivity index (χ3v) is 8.58. The molecule has 7 nitrogen and oxygen atoms in total. The first kappa shape index (κ1) is 30.1. The number of carbonyl (C=O) groups excluding carboxylic acids is 1. The predicted octanol–water partition coefficient (Wildman–Crippen LogP) is 2.91. The van der Waals surface area contributed by atoms with E-state index >= 15 is 0 Å². The van der Waals surface area contributed by atoms with Gasteiger partial charge >= 0.3 is 0 Å². The molecule has 1 aliphatic rings. The monoisotopic (exact) mass is 551 g/mol. The molecule has 1 fully saturated rings. The number of carbonyl (C=O) groups is 1. The average molecular weight is 552 g/mol. The van der Waals surface area contributed by atoms with Crippen molar-refractivity contribution >= 4 is 15.7 Å². The third kappa shape index (κ3) is 7.81. The molecule has 3 rings (SSSR count). The number of hydrogen-bond acceptors (Lipinski definition) is 6. The van der Waals surface area contributed by atoms with E-state index in [4.69, 9.17) is 0 Å². The largest absolute Gasteiger partial charge is 0.390 e. The van der Waals surface area contributed by atoms with Gasteiger partial charge in [0.05, 0.1) is 17.7 Å². The van der Waals surface area contributed by atoms with Crippen LogP contribution in [0.25, 0.3) is 0 Å². The van der Waals surface area contributed by atoms with Crippen LogP contribution in [-0.4, -0.2) is 56.3 Å². The molecule has 4 atom stereocenters. The molecule has 0 aliphatic carbocycles. The van der Waals surface area contributed by atoms with E-state index in [1.54, 1.807) is 0 Å². The fourth-order valence-corrected chi connectivity index (χ4v) is 5.91. The van der Waals surface area contributed by atoms with Gasteiger partial charge in [0, 0.05) is 32.3 Å². The van der Waals surface area contributed by atoms with Crippen molar-refractivity contribution in [2.75, 3.05) is 19.3 Å². The summed E-state index contributed by atoms with van der Waals surface area (Å²) in [7, 11) is -3.29. The second-order valence-corrected chi connectivity index (χ2v) is 13.6. The number of hydrogen-bond donors (Lipinski definition) is 4. The van der Waals surface area contributed by atoms with Crippen LogP contribution in [-0.2, 0) is 32.0 Å². The highest BCUT2D eigenvalue weighted by Gasteiger charge is 2.40. The van der Waals surface area contributed by atoms with Gasteiger partial charge in [-0.2, -0.15) is 0 Å². The molecule has 210 valence electrons. The predicted molar refractivity (Wildman–Crippen MR) is 144 cm³/mol. The number of aliphatic hydroxyl groups excluding tert-OH is 1. The van der Waals surface area contributed by atoms with Crippen LogP contribution < -0.4 is 16.0 Å². The highest BCUT2D eigenvalue weighted by atomic mass is 32.2. The number of rotatable bonds is 9. The lowest BCUT2D eigenvalue weighted by Crippen LogP contribution is -2.60. The molecular formula is C28H39F2N3O4S. The summed E-state index contributed by atoms with van der Waals surface area (Å²) in [4.78, 5) is 11.9. The first-order valence-corrected chi connectivity index (χ1v) is 14.7. The number of benzene rings is 2. The van der Waals surface area contributed by atoms with Gasteiger partial charge < -0.3 is 15.7 Å². The standard InChI is InChI=1S/C28H39F2N3O4S/c1-18(34)33-24(13-19-11-22(29)15-23(30)12-19)25(35)16-32-28(10-9-26(31-17-28)38(5,36)37)21-8-6-7-20(14-21)27(2,3)4/h6-8,11-12,14-15,24-26,31-32,35H,9-10,13,16-17H2,1-5H3,(H,33,34)/t24-,25+,26-,28-/m0/s1. The lowest BCUT2D eigenvalue weighted by molar-refractivity contribution is -0.120. The molecule has 10 heteroatoms. The van der Waals surface area contributed by atoms with E-state index in [2.05, 4.69) is 42.8 Å². The molecule has 2 aromatic rings. The molecule has 0 spiro atoms. The van der Waals surface area contributed by atoms with E-state index in [0.29, 0.717) is 24.9 Å². The number of nitrogens with one attached hydrogen (secondary N) is 3. The zero-order chi connectivity index (χ0) is 28.3. The fraction of sp³-hybridized carbons (Fsp3) is 0.536. The molecule has 1 heterocycles. The molecule has 0 bridgehead atoms. The van der Waals surface area contributed by atoms with Gasteiger partial charge in [-0.25, -0.2) is 17.2 Å². The Labute approximate surface area is 224 Å². The van der Waals surface area contributed by atoms with Gasteiger partial charge in [-0.15, -0.1) is 0 Å². The van der Waals surface area contributed by atoms with E-state index < -0.39 is 44.5 Å². The Morgan fingerprint density at radius 1 is 1.18 bits per heavy atom. The van der Waals surface area contributed by atoms with Crippen molar-refractivity contribution in [2.45, 2.75) is 75.4 Å². The van der Waals surface area contributed by atoms with Gasteiger partial charge in [-0.1, -0.05) is 45.0 Å². The van der Waals surface area contributed by atoms with Crippen molar-refractivity contribution in [3.05, 3.63) is 70.8 Å². The first-order valence-electron chi connectivity index (χ1n) is 12.8. The van der Waals surface area contributed by atoms with Gasteiger partial charge in [-0.05, 0) is 53.5 Å². The Morgan fingerprint density at radius 3 is 2.37 bits per heavy atom. The second-order valence-electron chi connectivity index (χ2n) is 11.4. The number of sulfone groups is 1. The summed E-state index contributed by atoms with van der Waals surface area (Å²) in [5, 5.41) is 19.8. The fourth-order valence-electron chi connectivity index (χ4n) is 4.97. The number of piperidine rings is 1. The van der Waals surface area contributed by atoms with Crippen LogP contribution in [0.5, 0.6) is 0 Å². The summed E-state index contributed by atoms with van der Waals surface area (Å²) >= 11 is 0. The molecular weight excluding hydrogens is 512 g/mol. The van der Waals surface area contributed by atoms with E-state index in [1.807, 2.05) is 18.2 Å². The van der Waals surface area contributed by atoms with Crippen LogP contribution in [0.3, 0.4) is 0 Å². The van der Waals surface area contributed by atoms with Crippen molar-refractivity contribution in [1.29, 1.82) is 0 Å². The minimum atomic E-state index is -3.29. The van der Waals surface area contributed by atoms with Crippen LogP contribution in [0.2, 0.25) is 0 Å². The minimum absolute atomic E-state index is 0.0258. The first-order chi connectivity index (χ1) is 17.6. The van der Waals surface area contributed by atoms with E-state index in [1.165, 1.54) is 25.3 Å². The maximum atomic E-state index is 13.8. The molecule has 4 N–H and O–H groups in total. The molecule has 1 aliphatic heterocycles. The highest BCUT2D eigenvalue weighted by molar-refractivity contribution is 7.91. The Morgan fingerprint density at radius 2 is 1.84 bits per heavy atom. The summed E-state index contributed by atoms with van der Waals surface area (Å²) in [5.41, 5.74) is 1.59. The zero-order valence-corrected chi connectivity index (χ0v) is 23.5. The lowest BCUT2D eigenvalue weighted by atomic mass is 9.79. The molecule has 0 radical (unpaired) electrons. The Hall–Kier alpha value is -2.40. The van der Waals surface area contributed by atoms with Crippen molar-refractivity contribution < 1.29 is 27.1 Å². The number of amides is 1. The number of aliphatic hydroxyl groups is 1. The van der Waals surface area contributed by atoms with Crippen LogP contribution in [0, 0.1) is 11.6 Å². The van der Waals surface area contributed by atoms with Crippen LogP contribution >= 0.6 is 0 Å². The highest BCUT2D eigenvalue weighted by Crippen LogP contribution is 2.34. The minimum Gasteiger partial charge on any atom is -0.390 e. The van der Waals surface area contributed by atoms with Gasteiger partial charge in [0.1, 0.15) is 17.0 Å². The summed E-state index contributed by atoms with van der Waals surface area (Å²) in [5.74, 6) is -1.85. The smallest absolute Gasteiger partial charge is 0.217 e. The summed E-state index contributed by atoms with van der Waals surface area (Å²) in [6.45, 7) is 8.01. The SMILES string of the molecule is CC(=O)N[C@@H](Cc1cc(F)cc(F)c1)[C@H](O)CN[C@@]1(c2cccc(C(C)(C)C)c2)CC[C@H](S(C)(=O)=O)NC1. The van der Waals surface area contributed by atoms with Gasteiger partial charge in [0.25, 0.3) is 0 Å². The molecule has 1 saturated heterocycles. The molecule has 2 aromatic carbocycles. The maximum Gasteiger partial charge on any atom is 0.217 e. The van der Waals surface area contributed by atoms with Gasteiger partial charge in [0.15, 0.2) is 9.84 Å². The van der Waals surface area contributed by atoms with Gasteiger partial charge in [0.2, 0.25) is 5.91 Å². The van der Waals surface area contributed by atoms with Gasteiger partial charge in [-0.3, -0.25) is 10.1 Å². The number of halogens is 2. The van der Waals surface area contributed by atoms with Crippen molar-refractivity contribution in [3.8, 4) is 0 Å². The van der Waals surface area contributed by atoms with Crippen molar-refractivity contribution in [3.63, 3.8) is 0 Å². The molecule has 38 heavy (non-hydrogen) atoms. The van der Waals surface area contributed by atoms with Crippen molar-refractivity contribution in [1.82, 2.24) is 16.0 Å². The Bertz CT molecular complexity index is 1220. The third-order valence-electron chi connectivity index (χ3n) is 7.14. The van der Waals surface area contributed by atoms with Crippen LogP contribution in [0.1, 0.15) is 57.2 Å². The molecule has 0 aromatic heterocycles. The zero-order valence-electron chi connectivity index (χ0n) is 22.6. The molecule has 1 amide bonds. The van der Waals surface area contributed by atoms with Crippen LogP contribution in [0.4, 0.5) is 8.78 Å². The van der Waals surface area contributed by atoms with Crippen LogP contribution in [0.15, 0.2) is 42.5 Å². The molecule has 0 unspecified atom stereocenters. The summed E-state index contributed by atoms with van der Waals surface area (Å²) in [6, 6.07) is 10.4. The summed E-state index contributed by atoms with van der Waals surface area (Å²) < 4.78 is 51.9. The Balaban J connectivity index is 1.87. The average Bonchev–Trinajstić information content (AvgIpc) is 2.80. The van der Waals surface area contributed by atoms with E-state index in [9.17, 15) is 27.1 Å². The topological polar surface area (TPSA) is 108 Å². The lowest BCUT2D eigenvalue weighted by Gasteiger charge is -2.43. The molecule has 0 saturated carbocycles. The van der Waals surface area contributed by atoms with Crippen molar-refractivity contribution in [2.24, 2.45) is 0 Å². The Kier molecular flexibility index (Phi) is 9.34. The van der Waals surface area contributed by atoms with E-state index in [0.717, 1.165) is 17.2 Å². The second kappa shape index (κ2) is 11.8. The summed E-state index contributed by atoms with van der Waals surface area (Å²) in [6.07, 6.45) is 1.01. The maximum absolute atomic E-state index is 13.8. The quantitative estimate of drug-likeness (QED) is 0.382.